The highest BCUT2D eigenvalue weighted by atomic mass is 35.5. The first-order valence-electron chi connectivity index (χ1n) is 9.19. The molecule has 0 spiro atoms. The Morgan fingerprint density at radius 1 is 1.00 bits per heavy atom. The number of nitrogens with zero attached hydrogens (tertiary/aromatic N) is 2. The summed E-state index contributed by atoms with van der Waals surface area (Å²) in [6.45, 7) is 0. The summed E-state index contributed by atoms with van der Waals surface area (Å²) in [6.07, 6.45) is 1.35. The molecule has 7 nitrogen and oxygen atoms in total. The highest BCUT2D eigenvalue weighted by Gasteiger charge is 2.19. The number of hydrogen-bond acceptors (Lipinski definition) is 7. The highest BCUT2D eigenvalue weighted by molar-refractivity contribution is 8.03. The Morgan fingerprint density at radius 2 is 1.76 bits per heavy atom. The monoisotopic (exact) mass is 522 g/mol. The number of methoxy groups -OCH3 is 1. The Kier molecular flexibility index (Phi) is 6.99. The predicted molar refractivity (Wildman–Crippen MR) is 127 cm³/mol. The van der Waals surface area contributed by atoms with Crippen LogP contribution in [0.1, 0.15) is 5.76 Å². The van der Waals surface area contributed by atoms with Gasteiger partial charge in [0.2, 0.25) is 0 Å². The average molecular weight is 524 g/mol. The Labute approximate surface area is 206 Å². The summed E-state index contributed by atoms with van der Waals surface area (Å²) in [6, 6.07) is 13.2. The smallest absolute Gasteiger partial charge is 0.342 e. The third-order valence-electron chi connectivity index (χ3n) is 4.30. The van der Waals surface area contributed by atoms with Crippen molar-refractivity contribution in [2.24, 2.45) is 0 Å². The molecule has 0 aliphatic rings. The van der Waals surface area contributed by atoms with Crippen LogP contribution in [0.3, 0.4) is 0 Å². The van der Waals surface area contributed by atoms with E-state index in [0.717, 1.165) is 11.8 Å². The maximum Gasteiger partial charge on any atom is 0.342 e. The zero-order chi connectivity index (χ0) is 23.5. The highest BCUT2D eigenvalue weighted by Crippen LogP contribution is 2.36. The molecule has 0 unspecified atom stereocenters. The first-order valence-corrected chi connectivity index (χ1v) is 11.1. The number of rotatable bonds is 7. The molecule has 1 N–H and O–H groups in total. The van der Waals surface area contributed by atoms with Crippen molar-refractivity contribution in [3.8, 4) is 28.5 Å². The van der Waals surface area contributed by atoms with Gasteiger partial charge in [-0.2, -0.15) is 0 Å². The van der Waals surface area contributed by atoms with Gasteiger partial charge >= 0.3 is 5.97 Å². The first-order chi connectivity index (χ1) is 15.8. The minimum absolute atomic E-state index is 0.0215. The van der Waals surface area contributed by atoms with Crippen LogP contribution in [0.25, 0.3) is 28.9 Å². The number of furan rings is 1. The SMILES string of the molecule is COc1ccc(Cl)cc1-c1nnc(S/C(=C\c2ccc(-c3ccc(Cl)cc3Cl)o2)C(=O)O)o1. The summed E-state index contributed by atoms with van der Waals surface area (Å²) in [5.74, 6) is 0.197. The van der Waals surface area contributed by atoms with Crippen molar-refractivity contribution in [3.05, 3.63) is 74.3 Å². The molecule has 0 fully saturated rings. The van der Waals surface area contributed by atoms with E-state index < -0.39 is 5.97 Å². The number of aliphatic carboxylic acids is 1. The van der Waals surface area contributed by atoms with Crippen molar-refractivity contribution in [1.82, 2.24) is 10.2 Å². The summed E-state index contributed by atoms with van der Waals surface area (Å²) >= 11 is 19.0. The van der Waals surface area contributed by atoms with Crippen molar-refractivity contribution >= 4 is 58.6 Å². The molecule has 0 bridgehead atoms. The largest absolute Gasteiger partial charge is 0.496 e. The summed E-state index contributed by atoms with van der Waals surface area (Å²) in [7, 11) is 1.50. The van der Waals surface area contributed by atoms with E-state index in [1.807, 2.05) is 0 Å². The molecule has 0 saturated heterocycles. The third kappa shape index (κ3) is 5.36. The van der Waals surface area contributed by atoms with E-state index in [9.17, 15) is 9.90 Å². The molecule has 2 heterocycles. The number of carbonyl (C=O) groups is 1. The average Bonchev–Trinajstić information content (AvgIpc) is 3.43. The van der Waals surface area contributed by atoms with E-state index in [4.69, 9.17) is 48.4 Å². The Bertz CT molecular complexity index is 1370. The maximum atomic E-state index is 11.8. The number of aromatic nitrogens is 2. The van der Waals surface area contributed by atoms with Crippen LogP contribution in [0.2, 0.25) is 15.1 Å². The van der Waals surface area contributed by atoms with E-state index in [1.54, 1.807) is 48.5 Å². The van der Waals surface area contributed by atoms with Crippen LogP contribution in [0.5, 0.6) is 5.75 Å². The van der Waals surface area contributed by atoms with Crippen LogP contribution in [-0.4, -0.2) is 28.4 Å². The second kappa shape index (κ2) is 9.93. The quantitative estimate of drug-likeness (QED) is 0.201. The molecule has 33 heavy (non-hydrogen) atoms. The summed E-state index contributed by atoms with van der Waals surface area (Å²) in [5, 5.41) is 18.9. The molecule has 168 valence electrons. The van der Waals surface area contributed by atoms with Gasteiger partial charge in [-0.25, -0.2) is 4.79 Å². The molecule has 4 rings (SSSR count). The van der Waals surface area contributed by atoms with E-state index in [-0.39, 0.29) is 16.0 Å². The molecular weight excluding hydrogens is 511 g/mol. The van der Waals surface area contributed by atoms with Gasteiger partial charge in [-0.15, -0.1) is 10.2 Å². The molecule has 2 aromatic heterocycles. The molecular formula is C22H13Cl3N2O5S. The third-order valence-corrected chi connectivity index (χ3v) is 5.94. The zero-order valence-corrected chi connectivity index (χ0v) is 19.8. The number of benzene rings is 2. The van der Waals surface area contributed by atoms with Crippen molar-refractivity contribution < 1.29 is 23.5 Å². The minimum atomic E-state index is -1.19. The summed E-state index contributed by atoms with van der Waals surface area (Å²) < 4.78 is 16.7. The standard InChI is InChI=1S/C22H13Cl3N2O5S/c1-30-17-6-3-11(23)8-15(17)20-26-27-22(32-20)33-19(21(28)29)10-13-4-7-18(31-13)14-5-2-12(24)9-16(14)25/h2-10H,1H3,(H,28,29)/b19-10-. The molecule has 0 aliphatic heterocycles. The predicted octanol–water partition coefficient (Wildman–Crippen LogP) is 7.18. The summed E-state index contributed by atoms with van der Waals surface area (Å²) in [5.41, 5.74) is 1.11. The van der Waals surface area contributed by atoms with Gasteiger partial charge in [-0.3, -0.25) is 0 Å². The van der Waals surface area contributed by atoms with Gasteiger partial charge < -0.3 is 18.7 Å². The zero-order valence-electron chi connectivity index (χ0n) is 16.7. The van der Waals surface area contributed by atoms with Gasteiger partial charge in [0.05, 0.1) is 17.7 Å². The lowest BCUT2D eigenvalue weighted by atomic mass is 10.2. The van der Waals surface area contributed by atoms with Crippen LogP contribution in [-0.2, 0) is 4.79 Å². The molecule has 0 radical (unpaired) electrons. The van der Waals surface area contributed by atoms with Crippen molar-refractivity contribution in [1.29, 1.82) is 0 Å². The second-order valence-electron chi connectivity index (χ2n) is 6.46. The van der Waals surface area contributed by atoms with Gasteiger partial charge in [0, 0.05) is 21.7 Å². The number of thioether (sulfide) groups is 1. The molecule has 0 saturated carbocycles. The first kappa shape index (κ1) is 23.3. The van der Waals surface area contributed by atoms with Gasteiger partial charge in [0.25, 0.3) is 11.1 Å². The van der Waals surface area contributed by atoms with Crippen LogP contribution in [0.4, 0.5) is 0 Å². The molecule has 0 atom stereocenters. The van der Waals surface area contributed by atoms with Gasteiger partial charge in [-0.05, 0) is 60.3 Å². The molecule has 4 aromatic rings. The van der Waals surface area contributed by atoms with E-state index >= 15 is 0 Å². The van der Waals surface area contributed by atoms with Gasteiger partial charge in [-0.1, -0.05) is 34.8 Å². The molecule has 11 heteroatoms. The van der Waals surface area contributed by atoms with Crippen LogP contribution in [0.15, 0.2) is 67.5 Å². The van der Waals surface area contributed by atoms with Crippen LogP contribution >= 0.6 is 46.6 Å². The number of halogens is 3. The van der Waals surface area contributed by atoms with Crippen molar-refractivity contribution in [2.75, 3.05) is 7.11 Å². The number of ether oxygens (including phenoxy) is 1. The van der Waals surface area contributed by atoms with Crippen LogP contribution < -0.4 is 4.74 Å². The van der Waals surface area contributed by atoms with Gasteiger partial charge in [0.15, 0.2) is 0 Å². The fourth-order valence-electron chi connectivity index (χ4n) is 2.83. The van der Waals surface area contributed by atoms with Crippen molar-refractivity contribution in [2.45, 2.75) is 5.22 Å². The number of hydrogen-bond donors (Lipinski definition) is 1. The van der Waals surface area contributed by atoms with Crippen molar-refractivity contribution in [3.63, 3.8) is 0 Å². The Morgan fingerprint density at radius 3 is 2.48 bits per heavy atom. The van der Waals surface area contributed by atoms with E-state index in [1.165, 1.54) is 13.2 Å². The van der Waals surface area contributed by atoms with E-state index in [2.05, 4.69) is 10.2 Å². The number of carboxylic acids is 1. The maximum absolute atomic E-state index is 11.8. The Hall–Kier alpha value is -2.91. The Balaban J connectivity index is 1.59. The molecule has 0 amide bonds. The second-order valence-corrected chi connectivity index (χ2v) is 8.73. The fraction of sp³-hybridized carbons (Fsp3) is 0.0455. The summed E-state index contributed by atoms with van der Waals surface area (Å²) in [4.78, 5) is 11.7. The topological polar surface area (TPSA) is 98.6 Å². The van der Waals surface area contributed by atoms with Crippen LogP contribution in [0, 0.1) is 0 Å². The normalized spacial score (nSPS) is 11.6. The van der Waals surface area contributed by atoms with Gasteiger partial charge in [0.1, 0.15) is 22.2 Å². The lowest BCUT2D eigenvalue weighted by molar-refractivity contribution is -0.131. The molecule has 2 aromatic carbocycles. The van der Waals surface area contributed by atoms with E-state index in [0.29, 0.717) is 43.5 Å². The minimum Gasteiger partial charge on any atom is -0.496 e. The molecule has 0 aliphatic carbocycles. The fourth-order valence-corrected chi connectivity index (χ4v) is 4.16. The lowest BCUT2D eigenvalue weighted by Crippen LogP contribution is -1.96. The lowest BCUT2D eigenvalue weighted by Gasteiger charge is -2.04. The number of carboxylic acid groups (broad SMARTS) is 1.